The van der Waals surface area contributed by atoms with Crippen LogP contribution in [0.5, 0.6) is 0 Å². The molecule has 114 valence electrons. The molecule has 1 saturated heterocycles. The molecule has 1 aliphatic rings. The second-order valence-corrected chi connectivity index (χ2v) is 5.77. The van der Waals surface area contributed by atoms with Gasteiger partial charge in [0.05, 0.1) is 17.4 Å². The maximum Gasteiger partial charge on any atom is 0.255 e. The summed E-state index contributed by atoms with van der Waals surface area (Å²) in [5, 5.41) is 0. The summed E-state index contributed by atoms with van der Waals surface area (Å²) < 4.78 is 0. The average molecular weight is 295 g/mol. The average Bonchev–Trinajstić information content (AvgIpc) is 3.10. The molecule has 0 atom stereocenters. The molecule has 3 rings (SSSR count). The van der Waals surface area contributed by atoms with Crippen molar-refractivity contribution >= 4 is 11.6 Å². The Morgan fingerprint density at radius 3 is 2.64 bits per heavy atom. The Balaban J connectivity index is 1.72. The predicted octanol–water partition coefficient (Wildman–Crippen LogP) is 2.95. The van der Waals surface area contributed by atoms with E-state index < -0.39 is 0 Å². The Bertz CT molecular complexity index is 636. The lowest BCUT2D eigenvalue weighted by Gasteiger charge is -2.20. The molecule has 4 heteroatoms. The minimum Gasteiger partial charge on any atom is -0.370 e. The fourth-order valence-corrected chi connectivity index (χ4v) is 2.84. The van der Waals surface area contributed by atoms with E-state index in [1.807, 2.05) is 49.6 Å². The molecule has 1 amide bonds. The second-order valence-electron chi connectivity index (χ2n) is 5.77. The summed E-state index contributed by atoms with van der Waals surface area (Å²) in [5.74, 6) is 0.0115. The van der Waals surface area contributed by atoms with Gasteiger partial charge in [0.15, 0.2) is 0 Å². The van der Waals surface area contributed by atoms with Crippen LogP contribution in [0.25, 0.3) is 0 Å². The van der Waals surface area contributed by atoms with Gasteiger partial charge in [-0.15, -0.1) is 0 Å². The first-order valence-corrected chi connectivity index (χ1v) is 7.73. The number of benzene rings is 1. The molecule has 0 N–H and O–H groups in total. The normalized spacial score (nSPS) is 14.1. The number of carbonyl (C=O) groups is 1. The molecular formula is C18H21N3O. The van der Waals surface area contributed by atoms with Crippen LogP contribution in [0.15, 0.2) is 48.8 Å². The monoisotopic (exact) mass is 295 g/mol. The molecule has 4 nitrogen and oxygen atoms in total. The summed E-state index contributed by atoms with van der Waals surface area (Å²) in [6.45, 7) is 2.71. The highest BCUT2D eigenvalue weighted by Gasteiger charge is 2.17. The van der Waals surface area contributed by atoms with E-state index in [4.69, 9.17) is 0 Å². The van der Waals surface area contributed by atoms with Crippen molar-refractivity contribution < 1.29 is 4.79 Å². The molecule has 2 aromatic rings. The van der Waals surface area contributed by atoms with Gasteiger partial charge in [0.25, 0.3) is 5.91 Å². The third-order valence-corrected chi connectivity index (χ3v) is 4.05. The van der Waals surface area contributed by atoms with Gasteiger partial charge < -0.3 is 9.80 Å². The Morgan fingerprint density at radius 2 is 1.91 bits per heavy atom. The van der Waals surface area contributed by atoms with Crippen LogP contribution in [0, 0.1) is 0 Å². The van der Waals surface area contributed by atoms with Crippen molar-refractivity contribution in [3.8, 4) is 0 Å². The lowest BCUT2D eigenvalue weighted by Crippen LogP contribution is -2.27. The van der Waals surface area contributed by atoms with Crippen LogP contribution in [0.3, 0.4) is 0 Å². The first kappa shape index (κ1) is 14.6. The molecule has 0 spiro atoms. The van der Waals surface area contributed by atoms with E-state index >= 15 is 0 Å². The van der Waals surface area contributed by atoms with E-state index in [1.54, 1.807) is 11.1 Å². The zero-order chi connectivity index (χ0) is 15.4. The molecule has 0 saturated carbocycles. The number of pyridine rings is 1. The number of rotatable bonds is 4. The first-order chi connectivity index (χ1) is 10.7. The van der Waals surface area contributed by atoms with Crippen molar-refractivity contribution in [1.29, 1.82) is 0 Å². The lowest BCUT2D eigenvalue weighted by atomic mass is 10.2. The Labute approximate surface area is 131 Å². The molecule has 0 unspecified atom stereocenters. The van der Waals surface area contributed by atoms with Gasteiger partial charge in [0.2, 0.25) is 0 Å². The van der Waals surface area contributed by atoms with Crippen LogP contribution in [-0.4, -0.2) is 35.9 Å². The summed E-state index contributed by atoms with van der Waals surface area (Å²) in [6.07, 6.45) is 5.93. The molecule has 1 aromatic carbocycles. The van der Waals surface area contributed by atoms with Gasteiger partial charge in [-0.05, 0) is 24.5 Å². The minimum absolute atomic E-state index is 0.0115. The van der Waals surface area contributed by atoms with E-state index in [2.05, 4.69) is 9.88 Å². The maximum absolute atomic E-state index is 12.6. The number of nitrogens with zero attached hydrogens (tertiary/aromatic N) is 3. The fraction of sp³-hybridized carbons (Fsp3) is 0.333. The smallest absolute Gasteiger partial charge is 0.255 e. The standard InChI is InChI=1S/C18H21N3O/c1-20(14-15-7-3-2-4-8-15)18(22)16-11-17(13-19-12-16)21-9-5-6-10-21/h2-4,7-8,11-13H,5-6,9-10,14H2,1H3. The van der Waals surface area contributed by atoms with Gasteiger partial charge >= 0.3 is 0 Å². The number of amides is 1. The molecular weight excluding hydrogens is 274 g/mol. The van der Waals surface area contributed by atoms with Gasteiger partial charge in [-0.1, -0.05) is 30.3 Å². The minimum atomic E-state index is 0.0115. The Hall–Kier alpha value is -2.36. The molecule has 1 aliphatic heterocycles. The zero-order valence-electron chi connectivity index (χ0n) is 12.9. The predicted molar refractivity (Wildman–Crippen MR) is 87.9 cm³/mol. The summed E-state index contributed by atoms with van der Waals surface area (Å²) >= 11 is 0. The van der Waals surface area contributed by atoms with Crippen LogP contribution >= 0.6 is 0 Å². The van der Waals surface area contributed by atoms with Crippen LogP contribution < -0.4 is 4.90 Å². The Morgan fingerprint density at radius 1 is 1.18 bits per heavy atom. The summed E-state index contributed by atoms with van der Waals surface area (Å²) in [5.41, 5.74) is 2.83. The topological polar surface area (TPSA) is 36.4 Å². The highest BCUT2D eigenvalue weighted by Crippen LogP contribution is 2.20. The lowest BCUT2D eigenvalue weighted by molar-refractivity contribution is 0.0784. The summed E-state index contributed by atoms with van der Waals surface area (Å²) in [7, 11) is 1.83. The van der Waals surface area contributed by atoms with E-state index in [1.165, 1.54) is 12.8 Å². The van der Waals surface area contributed by atoms with Crippen molar-refractivity contribution in [1.82, 2.24) is 9.88 Å². The van der Waals surface area contributed by atoms with Gasteiger partial charge in [-0.25, -0.2) is 0 Å². The number of carbonyl (C=O) groups excluding carboxylic acids is 1. The van der Waals surface area contributed by atoms with Crippen molar-refractivity contribution in [2.24, 2.45) is 0 Å². The molecule has 2 heterocycles. The van der Waals surface area contributed by atoms with Crippen molar-refractivity contribution in [3.05, 3.63) is 59.9 Å². The third kappa shape index (κ3) is 3.27. The molecule has 0 radical (unpaired) electrons. The highest BCUT2D eigenvalue weighted by molar-refractivity contribution is 5.94. The second kappa shape index (κ2) is 6.60. The van der Waals surface area contributed by atoms with Gasteiger partial charge in [0, 0.05) is 32.9 Å². The van der Waals surface area contributed by atoms with E-state index in [-0.39, 0.29) is 5.91 Å². The van der Waals surface area contributed by atoms with Crippen molar-refractivity contribution in [3.63, 3.8) is 0 Å². The van der Waals surface area contributed by atoms with Gasteiger partial charge in [-0.3, -0.25) is 9.78 Å². The van der Waals surface area contributed by atoms with Gasteiger partial charge in [0.1, 0.15) is 0 Å². The molecule has 1 aromatic heterocycles. The van der Waals surface area contributed by atoms with Crippen molar-refractivity contribution in [2.75, 3.05) is 25.0 Å². The number of anilines is 1. The molecule has 1 fully saturated rings. The van der Waals surface area contributed by atoms with E-state index in [0.717, 1.165) is 24.3 Å². The van der Waals surface area contributed by atoms with Crippen LogP contribution in [0.1, 0.15) is 28.8 Å². The molecule has 0 bridgehead atoms. The third-order valence-electron chi connectivity index (χ3n) is 4.05. The van der Waals surface area contributed by atoms with E-state index in [0.29, 0.717) is 12.1 Å². The largest absolute Gasteiger partial charge is 0.370 e. The number of hydrogen-bond donors (Lipinski definition) is 0. The van der Waals surface area contributed by atoms with Crippen LogP contribution in [0.2, 0.25) is 0 Å². The maximum atomic E-state index is 12.6. The highest BCUT2D eigenvalue weighted by atomic mass is 16.2. The fourth-order valence-electron chi connectivity index (χ4n) is 2.84. The van der Waals surface area contributed by atoms with Gasteiger partial charge in [-0.2, -0.15) is 0 Å². The number of aromatic nitrogens is 1. The summed E-state index contributed by atoms with van der Waals surface area (Å²) in [6, 6.07) is 12.0. The van der Waals surface area contributed by atoms with E-state index in [9.17, 15) is 4.79 Å². The quantitative estimate of drug-likeness (QED) is 0.870. The Kier molecular flexibility index (Phi) is 4.37. The van der Waals surface area contributed by atoms with Crippen LogP contribution in [0.4, 0.5) is 5.69 Å². The molecule has 22 heavy (non-hydrogen) atoms. The SMILES string of the molecule is CN(Cc1ccccc1)C(=O)c1cncc(N2CCCC2)c1. The zero-order valence-corrected chi connectivity index (χ0v) is 12.9. The first-order valence-electron chi connectivity index (χ1n) is 7.73. The summed E-state index contributed by atoms with van der Waals surface area (Å²) in [4.78, 5) is 20.9. The molecule has 0 aliphatic carbocycles. The van der Waals surface area contributed by atoms with Crippen molar-refractivity contribution in [2.45, 2.75) is 19.4 Å². The number of hydrogen-bond acceptors (Lipinski definition) is 3. The van der Waals surface area contributed by atoms with Crippen LogP contribution in [-0.2, 0) is 6.54 Å².